The highest BCUT2D eigenvalue weighted by Gasteiger charge is 2.31. The third-order valence-corrected chi connectivity index (χ3v) is 2.53. The number of aromatic nitrogens is 2. The van der Waals surface area contributed by atoms with Crippen molar-refractivity contribution in [2.24, 2.45) is 18.4 Å². The Labute approximate surface area is 89.9 Å². The second kappa shape index (κ2) is 4.04. The van der Waals surface area contributed by atoms with Gasteiger partial charge in [0, 0.05) is 19.7 Å². The summed E-state index contributed by atoms with van der Waals surface area (Å²) in [6, 6.07) is 1.86. The van der Waals surface area contributed by atoms with Gasteiger partial charge in [0.25, 0.3) is 0 Å². The van der Waals surface area contributed by atoms with Crippen LogP contribution in [-0.4, -0.2) is 20.9 Å². The lowest BCUT2D eigenvalue weighted by Crippen LogP contribution is -2.30. The van der Waals surface area contributed by atoms with Crippen LogP contribution in [0.15, 0.2) is 12.3 Å². The molecule has 1 heterocycles. The van der Waals surface area contributed by atoms with Crippen LogP contribution >= 0.6 is 0 Å². The molecule has 0 radical (unpaired) electrons. The Balaban J connectivity index is 2.81. The highest BCUT2D eigenvalue weighted by Crippen LogP contribution is 2.28. The first kappa shape index (κ1) is 11.8. The smallest absolute Gasteiger partial charge is 0.307 e. The molecule has 4 heteroatoms. The maximum absolute atomic E-state index is 11.1. The van der Waals surface area contributed by atoms with E-state index in [1.807, 2.05) is 40.1 Å². The second-order valence-electron chi connectivity index (χ2n) is 4.94. The summed E-state index contributed by atoms with van der Waals surface area (Å²) < 4.78 is 1.69. The molecule has 0 aliphatic heterocycles. The van der Waals surface area contributed by atoms with Gasteiger partial charge in [-0.25, -0.2) is 0 Å². The lowest BCUT2D eigenvalue weighted by atomic mass is 9.78. The van der Waals surface area contributed by atoms with Gasteiger partial charge < -0.3 is 5.11 Å². The molecule has 0 spiro atoms. The predicted molar refractivity (Wildman–Crippen MR) is 57.5 cm³/mol. The fourth-order valence-corrected chi connectivity index (χ4v) is 1.55. The summed E-state index contributed by atoms with van der Waals surface area (Å²) in [6.45, 7) is 5.82. The number of hydrogen-bond acceptors (Lipinski definition) is 2. The molecule has 1 unspecified atom stereocenters. The van der Waals surface area contributed by atoms with Crippen molar-refractivity contribution in [2.75, 3.05) is 0 Å². The number of nitrogens with zero attached hydrogens (tertiary/aromatic N) is 2. The van der Waals surface area contributed by atoms with Crippen LogP contribution in [0.3, 0.4) is 0 Å². The fraction of sp³-hybridized carbons (Fsp3) is 0.636. The molecule has 1 atom stereocenters. The van der Waals surface area contributed by atoms with Crippen molar-refractivity contribution in [1.82, 2.24) is 9.78 Å². The van der Waals surface area contributed by atoms with Crippen LogP contribution in [0.2, 0.25) is 0 Å². The zero-order chi connectivity index (χ0) is 11.6. The van der Waals surface area contributed by atoms with E-state index in [4.69, 9.17) is 5.11 Å². The fourth-order valence-electron chi connectivity index (χ4n) is 1.55. The quantitative estimate of drug-likeness (QED) is 0.826. The number of rotatable bonds is 3. The predicted octanol–water partition coefficient (Wildman–Crippen LogP) is 1.71. The Morgan fingerprint density at radius 2 is 2.20 bits per heavy atom. The second-order valence-corrected chi connectivity index (χ2v) is 4.94. The number of aliphatic carboxylic acids is 1. The van der Waals surface area contributed by atoms with Gasteiger partial charge in [0.2, 0.25) is 0 Å². The average molecular weight is 210 g/mol. The van der Waals surface area contributed by atoms with Gasteiger partial charge in [0.05, 0.1) is 11.6 Å². The SMILES string of the molecule is Cn1ccc(CC(C(=O)O)C(C)(C)C)n1. The van der Waals surface area contributed by atoms with Gasteiger partial charge in [-0.1, -0.05) is 20.8 Å². The van der Waals surface area contributed by atoms with Crippen molar-refractivity contribution in [3.8, 4) is 0 Å². The average Bonchev–Trinajstić information content (AvgIpc) is 2.44. The van der Waals surface area contributed by atoms with Gasteiger partial charge in [-0.3, -0.25) is 9.48 Å². The summed E-state index contributed by atoms with van der Waals surface area (Å²) in [4.78, 5) is 11.1. The van der Waals surface area contributed by atoms with Gasteiger partial charge in [0.15, 0.2) is 0 Å². The molecule has 1 aromatic rings. The van der Waals surface area contributed by atoms with Crippen LogP contribution in [-0.2, 0) is 18.3 Å². The van der Waals surface area contributed by atoms with Crippen LogP contribution in [0, 0.1) is 11.3 Å². The standard InChI is InChI=1S/C11H18N2O2/c1-11(2,3)9(10(14)15)7-8-5-6-13(4)12-8/h5-6,9H,7H2,1-4H3,(H,14,15). The van der Waals surface area contributed by atoms with Crippen molar-refractivity contribution in [2.45, 2.75) is 27.2 Å². The van der Waals surface area contributed by atoms with Crippen molar-refractivity contribution in [3.63, 3.8) is 0 Å². The van der Waals surface area contributed by atoms with E-state index in [9.17, 15) is 4.79 Å². The van der Waals surface area contributed by atoms with Gasteiger partial charge in [0.1, 0.15) is 0 Å². The Morgan fingerprint density at radius 3 is 2.53 bits per heavy atom. The van der Waals surface area contributed by atoms with E-state index >= 15 is 0 Å². The van der Waals surface area contributed by atoms with Crippen molar-refractivity contribution >= 4 is 5.97 Å². The minimum atomic E-state index is -0.756. The zero-order valence-electron chi connectivity index (χ0n) is 9.69. The van der Waals surface area contributed by atoms with Crippen LogP contribution < -0.4 is 0 Å². The highest BCUT2D eigenvalue weighted by molar-refractivity contribution is 5.71. The maximum atomic E-state index is 11.1. The summed E-state index contributed by atoms with van der Waals surface area (Å²) in [5, 5.41) is 13.3. The lowest BCUT2D eigenvalue weighted by Gasteiger charge is -2.26. The van der Waals surface area contributed by atoms with Crippen LogP contribution in [0.1, 0.15) is 26.5 Å². The van der Waals surface area contributed by atoms with Gasteiger partial charge in [-0.05, 0) is 11.5 Å². The van der Waals surface area contributed by atoms with Crippen molar-refractivity contribution in [3.05, 3.63) is 18.0 Å². The molecule has 4 nitrogen and oxygen atoms in total. The first-order valence-corrected chi connectivity index (χ1v) is 5.02. The van der Waals surface area contributed by atoms with E-state index in [0.29, 0.717) is 6.42 Å². The van der Waals surface area contributed by atoms with Crippen LogP contribution in [0.4, 0.5) is 0 Å². The van der Waals surface area contributed by atoms with E-state index in [1.54, 1.807) is 4.68 Å². The molecule has 0 aromatic carbocycles. The summed E-state index contributed by atoms with van der Waals surface area (Å²) in [6.07, 6.45) is 2.32. The molecular weight excluding hydrogens is 192 g/mol. The van der Waals surface area contributed by atoms with Gasteiger partial charge in [-0.15, -0.1) is 0 Å². The van der Waals surface area contributed by atoms with E-state index < -0.39 is 11.9 Å². The first-order chi connectivity index (χ1) is 6.80. The molecule has 15 heavy (non-hydrogen) atoms. The molecule has 0 aliphatic carbocycles. The zero-order valence-corrected chi connectivity index (χ0v) is 9.69. The van der Waals surface area contributed by atoms with Crippen molar-refractivity contribution in [1.29, 1.82) is 0 Å². The van der Waals surface area contributed by atoms with Gasteiger partial charge in [-0.2, -0.15) is 5.10 Å². The topological polar surface area (TPSA) is 55.1 Å². The Hall–Kier alpha value is -1.32. The molecule has 0 bridgehead atoms. The monoisotopic (exact) mass is 210 g/mol. The molecule has 1 rings (SSSR count). The van der Waals surface area contributed by atoms with E-state index in [2.05, 4.69) is 5.10 Å². The van der Waals surface area contributed by atoms with E-state index in [0.717, 1.165) is 5.69 Å². The molecule has 0 fully saturated rings. The Bertz CT molecular complexity index is 350. The third kappa shape index (κ3) is 3.08. The Morgan fingerprint density at radius 1 is 1.60 bits per heavy atom. The molecule has 0 saturated carbocycles. The normalized spacial score (nSPS) is 13.9. The molecule has 84 valence electrons. The molecular formula is C11H18N2O2. The lowest BCUT2D eigenvalue weighted by molar-refractivity contribution is -0.145. The summed E-state index contributed by atoms with van der Waals surface area (Å²) in [5.74, 6) is -1.15. The molecule has 1 N–H and O–H groups in total. The van der Waals surface area contributed by atoms with Crippen LogP contribution in [0.5, 0.6) is 0 Å². The molecule has 0 aliphatic rings. The number of hydrogen-bond donors (Lipinski definition) is 1. The third-order valence-electron chi connectivity index (χ3n) is 2.53. The summed E-state index contributed by atoms with van der Waals surface area (Å²) in [7, 11) is 1.83. The number of aryl methyl sites for hydroxylation is 1. The number of carbonyl (C=O) groups is 1. The molecule has 1 aromatic heterocycles. The summed E-state index contributed by atoms with van der Waals surface area (Å²) in [5.41, 5.74) is 0.586. The molecule has 0 amide bonds. The van der Waals surface area contributed by atoms with E-state index in [-0.39, 0.29) is 5.41 Å². The highest BCUT2D eigenvalue weighted by atomic mass is 16.4. The minimum Gasteiger partial charge on any atom is -0.481 e. The number of carboxylic acids is 1. The Kier molecular flexibility index (Phi) is 3.17. The van der Waals surface area contributed by atoms with Crippen LogP contribution in [0.25, 0.3) is 0 Å². The largest absolute Gasteiger partial charge is 0.481 e. The van der Waals surface area contributed by atoms with Crippen molar-refractivity contribution < 1.29 is 9.90 Å². The number of carboxylic acid groups (broad SMARTS) is 1. The summed E-state index contributed by atoms with van der Waals surface area (Å²) >= 11 is 0. The van der Waals surface area contributed by atoms with Gasteiger partial charge >= 0.3 is 5.97 Å². The molecule has 0 saturated heterocycles. The maximum Gasteiger partial charge on any atom is 0.307 e. The minimum absolute atomic E-state index is 0.247. The first-order valence-electron chi connectivity index (χ1n) is 5.02. The van der Waals surface area contributed by atoms with E-state index in [1.165, 1.54) is 0 Å².